The molecule has 0 heterocycles. The van der Waals surface area contributed by atoms with Crippen molar-refractivity contribution in [2.75, 3.05) is 11.1 Å². The van der Waals surface area contributed by atoms with Crippen LogP contribution < -0.4 is 11.1 Å². The molecule has 0 aliphatic heterocycles. The lowest BCUT2D eigenvalue weighted by molar-refractivity contribution is 0.102. The third-order valence-corrected chi connectivity index (χ3v) is 3.58. The van der Waals surface area contributed by atoms with Crippen molar-refractivity contribution < 1.29 is 4.79 Å². The first kappa shape index (κ1) is 15.2. The molecule has 3 N–H and O–H groups in total. The van der Waals surface area contributed by atoms with Gasteiger partial charge in [-0.3, -0.25) is 4.79 Å². The monoisotopic (exact) mass is 319 g/mol. The molecule has 0 radical (unpaired) electrons. The number of carbonyl (C=O) groups is 1. The number of aryl methyl sites for hydroxylation is 1. The Morgan fingerprint density at radius 3 is 2.43 bits per heavy atom. The van der Waals surface area contributed by atoms with Crippen molar-refractivity contribution in [2.45, 2.75) is 6.92 Å². The van der Waals surface area contributed by atoms with Crippen LogP contribution in [0.4, 0.5) is 11.4 Å². The zero-order valence-electron chi connectivity index (χ0n) is 11.1. The smallest absolute Gasteiger partial charge is 0.255 e. The largest absolute Gasteiger partial charge is 0.396 e. The summed E-state index contributed by atoms with van der Waals surface area (Å²) in [7, 11) is 0. The second kappa shape index (κ2) is 6.04. The fourth-order valence-electron chi connectivity index (χ4n) is 1.74. The molecule has 0 bridgehead atoms. The summed E-state index contributed by atoms with van der Waals surface area (Å²) < 4.78 is 0. The van der Waals surface area contributed by atoms with Crippen molar-refractivity contribution in [1.82, 2.24) is 0 Å². The van der Waals surface area contributed by atoms with E-state index in [-0.39, 0.29) is 21.6 Å². The van der Waals surface area contributed by atoms with Crippen LogP contribution >= 0.6 is 23.2 Å². The number of nitrogens with zero attached hydrogens (tertiary/aromatic N) is 1. The van der Waals surface area contributed by atoms with Crippen LogP contribution in [0.25, 0.3) is 0 Å². The molecule has 0 unspecified atom stereocenters. The van der Waals surface area contributed by atoms with Crippen molar-refractivity contribution in [3.8, 4) is 6.07 Å². The summed E-state index contributed by atoms with van der Waals surface area (Å²) in [5, 5.41) is 12.1. The van der Waals surface area contributed by atoms with Gasteiger partial charge in [-0.05, 0) is 36.8 Å². The van der Waals surface area contributed by atoms with E-state index in [0.717, 1.165) is 5.56 Å². The minimum Gasteiger partial charge on any atom is -0.396 e. The van der Waals surface area contributed by atoms with Gasteiger partial charge in [-0.25, -0.2) is 0 Å². The normalized spacial score (nSPS) is 10.0. The number of halogens is 2. The van der Waals surface area contributed by atoms with Crippen molar-refractivity contribution in [3.05, 3.63) is 57.1 Å². The maximum atomic E-state index is 12.2. The summed E-state index contributed by atoms with van der Waals surface area (Å²) in [5.41, 5.74) is 8.02. The van der Waals surface area contributed by atoms with Crippen LogP contribution in [0.3, 0.4) is 0 Å². The molecule has 0 aliphatic carbocycles. The number of amides is 1. The SMILES string of the molecule is Cc1ccc(C#N)cc1NC(=O)c1cc(Cl)c(N)c(Cl)c1. The van der Waals surface area contributed by atoms with Crippen LogP contribution in [0.5, 0.6) is 0 Å². The molecule has 0 saturated heterocycles. The molecule has 0 fully saturated rings. The number of anilines is 2. The van der Waals surface area contributed by atoms with Gasteiger partial charge < -0.3 is 11.1 Å². The number of benzene rings is 2. The van der Waals surface area contributed by atoms with E-state index in [1.54, 1.807) is 18.2 Å². The van der Waals surface area contributed by atoms with Gasteiger partial charge >= 0.3 is 0 Å². The first-order valence-electron chi connectivity index (χ1n) is 5.99. The molecule has 4 nitrogen and oxygen atoms in total. The Kier molecular flexibility index (Phi) is 4.37. The predicted molar refractivity (Wildman–Crippen MR) is 84.7 cm³/mol. The topological polar surface area (TPSA) is 78.9 Å². The van der Waals surface area contributed by atoms with E-state index in [2.05, 4.69) is 5.32 Å². The summed E-state index contributed by atoms with van der Waals surface area (Å²) in [6.45, 7) is 1.83. The van der Waals surface area contributed by atoms with Crippen molar-refractivity contribution in [2.24, 2.45) is 0 Å². The van der Waals surface area contributed by atoms with E-state index in [0.29, 0.717) is 16.8 Å². The number of carbonyl (C=O) groups excluding carboxylic acids is 1. The first-order valence-corrected chi connectivity index (χ1v) is 6.74. The third-order valence-electron chi connectivity index (χ3n) is 2.96. The van der Waals surface area contributed by atoms with E-state index in [4.69, 9.17) is 34.2 Å². The van der Waals surface area contributed by atoms with Gasteiger partial charge in [0.25, 0.3) is 5.91 Å². The summed E-state index contributed by atoms with van der Waals surface area (Å²) in [5.74, 6) is -0.378. The van der Waals surface area contributed by atoms with Crippen molar-refractivity contribution in [3.63, 3.8) is 0 Å². The van der Waals surface area contributed by atoms with Gasteiger partial charge in [-0.2, -0.15) is 5.26 Å². The maximum absolute atomic E-state index is 12.2. The summed E-state index contributed by atoms with van der Waals surface area (Å²) in [6.07, 6.45) is 0. The predicted octanol–water partition coefficient (Wildman–Crippen LogP) is 4.01. The first-order chi connectivity index (χ1) is 9.92. The molecule has 0 spiro atoms. The lowest BCUT2D eigenvalue weighted by Crippen LogP contribution is -2.13. The zero-order valence-corrected chi connectivity index (χ0v) is 12.6. The van der Waals surface area contributed by atoms with Crippen molar-refractivity contribution >= 4 is 40.5 Å². The third kappa shape index (κ3) is 3.27. The van der Waals surface area contributed by atoms with Gasteiger partial charge in [0.05, 0.1) is 27.4 Å². The van der Waals surface area contributed by atoms with Gasteiger partial charge in [0, 0.05) is 11.3 Å². The number of nitrogen functional groups attached to an aromatic ring is 1. The Bertz CT molecular complexity index is 743. The second-order valence-electron chi connectivity index (χ2n) is 4.45. The highest BCUT2D eigenvalue weighted by atomic mass is 35.5. The van der Waals surface area contributed by atoms with E-state index in [9.17, 15) is 4.79 Å². The number of nitrogens with one attached hydrogen (secondary N) is 1. The van der Waals surface area contributed by atoms with Crippen LogP contribution in [0.2, 0.25) is 10.0 Å². The average molecular weight is 320 g/mol. The van der Waals surface area contributed by atoms with E-state index < -0.39 is 0 Å². The minimum absolute atomic E-state index is 0.218. The molecule has 0 aromatic heterocycles. The standard InChI is InChI=1S/C15H11Cl2N3O/c1-8-2-3-9(7-18)4-13(8)20-15(21)10-5-11(16)14(19)12(17)6-10/h2-6H,19H2,1H3,(H,20,21). The molecule has 106 valence electrons. The molecule has 2 rings (SSSR count). The quantitative estimate of drug-likeness (QED) is 0.821. The zero-order chi connectivity index (χ0) is 15.6. The Morgan fingerprint density at radius 1 is 1.24 bits per heavy atom. The second-order valence-corrected chi connectivity index (χ2v) is 5.26. The molecule has 1 amide bonds. The minimum atomic E-state index is -0.378. The molecule has 0 saturated carbocycles. The van der Waals surface area contributed by atoms with Gasteiger partial charge in [-0.1, -0.05) is 29.3 Å². The number of rotatable bonds is 2. The van der Waals surface area contributed by atoms with E-state index in [1.807, 2.05) is 13.0 Å². The molecule has 2 aromatic carbocycles. The molecular formula is C15H11Cl2N3O. The molecule has 0 atom stereocenters. The summed E-state index contributed by atoms with van der Waals surface area (Å²) in [6, 6.07) is 9.96. The lowest BCUT2D eigenvalue weighted by Gasteiger charge is -2.10. The fraction of sp³-hybridized carbons (Fsp3) is 0.0667. The summed E-state index contributed by atoms with van der Waals surface area (Å²) in [4.78, 5) is 12.2. The number of hydrogen-bond acceptors (Lipinski definition) is 3. The highest BCUT2D eigenvalue weighted by Gasteiger charge is 2.12. The van der Waals surface area contributed by atoms with Crippen LogP contribution in [-0.2, 0) is 0 Å². The van der Waals surface area contributed by atoms with E-state index in [1.165, 1.54) is 12.1 Å². The highest BCUT2D eigenvalue weighted by molar-refractivity contribution is 6.39. The van der Waals surface area contributed by atoms with Gasteiger partial charge in [0.2, 0.25) is 0 Å². The van der Waals surface area contributed by atoms with Crippen molar-refractivity contribution in [1.29, 1.82) is 5.26 Å². The van der Waals surface area contributed by atoms with Crippen LogP contribution in [-0.4, -0.2) is 5.91 Å². The molecule has 0 aliphatic rings. The Labute approximate surface area is 132 Å². The van der Waals surface area contributed by atoms with Gasteiger partial charge in [0.15, 0.2) is 0 Å². The van der Waals surface area contributed by atoms with Gasteiger partial charge in [-0.15, -0.1) is 0 Å². The lowest BCUT2D eigenvalue weighted by atomic mass is 10.1. The fourth-order valence-corrected chi connectivity index (χ4v) is 2.22. The Hall–Kier alpha value is -2.22. The Balaban J connectivity index is 2.33. The molecule has 21 heavy (non-hydrogen) atoms. The number of nitriles is 1. The average Bonchev–Trinajstić information content (AvgIpc) is 2.46. The number of nitrogens with two attached hydrogens (primary N) is 1. The molecular weight excluding hydrogens is 309 g/mol. The molecule has 2 aromatic rings. The highest BCUT2D eigenvalue weighted by Crippen LogP contribution is 2.29. The van der Waals surface area contributed by atoms with Gasteiger partial charge in [0.1, 0.15) is 0 Å². The van der Waals surface area contributed by atoms with Crippen LogP contribution in [0, 0.1) is 18.3 Å². The van der Waals surface area contributed by atoms with Crippen LogP contribution in [0.1, 0.15) is 21.5 Å². The van der Waals surface area contributed by atoms with E-state index >= 15 is 0 Å². The maximum Gasteiger partial charge on any atom is 0.255 e. The Morgan fingerprint density at radius 2 is 1.86 bits per heavy atom. The summed E-state index contributed by atoms with van der Waals surface area (Å²) >= 11 is 11.8. The van der Waals surface area contributed by atoms with Crippen LogP contribution in [0.15, 0.2) is 30.3 Å². The number of hydrogen-bond donors (Lipinski definition) is 2. The molecule has 6 heteroatoms.